The first-order chi connectivity index (χ1) is 10.1. The van der Waals surface area contributed by atoms with Crippen molar-refractivity contribution < 1.29 is 9.18 Å². The van der Waals surface area contributed by atoms with E-state index in [0.29, 0.717) is 23.6 Å². The molecule has 0 heterocycles. The molecule has 0 aliphatic heterocycles. The molecule has 0 aliphatic carbocycles. The highest BCUT2D eigenvalue weighted by Crippen LogP contribution is 2.18. The fourth-order valence-electron chi connectivity index (χ4n) is 2.02. The summed E-state index contributed by atoms with van der Waals surface area (Å²) in [4.78, 5) is 13.7. The van der Waals surface area contributed by atoms with E-state index in [4.69, 9.17) is 5.73 Å². The second-order valence-corrected chi connectivity index (χ2v) is 4.64. The molecule has 0 fully saturated rings. The Kier molecular flexibility index (Phi) is 4.77. The van der Waals surface area contributed by atoms with Gasteiger partial charge in [-0.1, -0.05) is 12.1 Å². The van der Waals surface area contributed by atoms with Crippen molar-refractivity contribution in [1.82, 2.24) is 0 Å². The third-order valence-corrected chi connectivity index (χ3v) is 3.10. The first-order valence-electron chi connectivity index (χ1n) is 6.75. The topological polar surface area (TPSA) is 58.4 Å². The summed E-state index contributed by atoms with van der Waals surface area (Å²) in [5, 5.41) is 2.76. The first-order valence-corrected chi connectivity index (χ1v) is 6.75. The second kappa shape index (κ2) is 6.74. The van der Waals surface area contributed by atoms with Crippen molar-refractivity contribution in [3.8, 4) is 0 Å². The number of anilines is 3. The maximum absolute atomic E-state index is 13.8. The van der Waals surface area contributed by atoms with Crippen LogP contribution in [0.5, 0.6) is 0 Å². The van der Waals surface area contributed by atoms with Gasteiger partial charge < -0.3 is 16.0 Å². The number of nitrogen functional groups attached to an aromatic ring is 1. The van der Waals surface area contributed by atoms with Crippen LogP contribution in [0.4, 0.5) is 21.5 Å². The highest BCUT2D eigenvalue weighted by atomic mass is 19.1. The van der Waals surface area contributed by atoms with Gasteiger partial charge in [0, 0.05) is 17.9 Å². The first kappa shape index (κ1) is 14.8. The Hall–Kier alpha value is -2.56. The number of rotatable bonds is 5. The number of likely N-dealkylation sites (N-methyl/N-ethyl adjacent to an activating group) is 1. The lowest BCUT2D eigenvalue weighted by atomic mass is 10.2. The van der Waals surface area contributed by atoms with E-state index in [1.54, 1.807) is 47.4 Å². The van der Waals surface area contributed by atoms with E-state index < -0.39 is 0 Å². The summed E-state index contributed by atoms with van der Waals surface area (Å²) in [6.07, 6.45) is 0. The third-order valence-electron chi connectivity index (χ3n) is 3.10. The molecule has 0 bridgehead atoms. The fourth-order valence-corrected chi connectivity index (χ4v) is 2.02. The Labute approximate surface area is 123 Å². The van der Waals surface area contributed by atoms with Crippen LogP contribution in [0.3, 0.4) is 0 Å². The lowest BCUT2D eigenvalue weighted by molar-refractivity contribution is -0.115. The van der Waals surface area contributed by atoms with Crippen LogP contribution in [0.1, 0.15) is 6.92 Å². The van der Waals surface area contributed by atoms with Crippen molar-refractivity contribution in [3.63, 3.8) is 0 Å². The van der Waals surface area contributed by atoms with E-state index in [2.05, 4.69) is 5.32 Å². The minimum absolute atomic E-state index is 0.0851. The lowest BCUT2D eigenvalue weighted by Gasteiger charge is -2.22. The molecule has 0 aliphatic rings. The van der Waals surface area contributed by atoms with E-state index in [9.17, 15) is 9.18 Å². The maximum Gasteiger partial charge on any atom is 0.243 e. The molecule has 1 amide bonds. The number of hydrogen-bond acceptors (Lipinski definition) is 3. The predicted octanol–water partition coefficient (Wildman–Crippen LogP) is 2.87. The maximum atomic E-state index is 13.8. The molecule has 110 valence electrons. The molecule has 0 radical (unpaired) electrons. The molecular formula is C16H18FN3O. The van der Waals surface area contributed by atoms with E-state index in [0.717, 1.165) is 0 Å². The minimum Gasteiger partial charge on any atom is -0.399 e. The van der Waals surface area contributed by atoms with Gasteiger partial charge in [0.1, 0.15) is 5.82 Å². The highest BCUT2D eigenvalue weighted by molar-refractivity contribution is 5.94. The summed E-state index contributed by atoms with van der Waals surface area (Å²) in [5.41, 5.74) is 7.31. The van der Waals surface area contributed by atoms with Crippen LogP contribution in [-0.2, 0) is 4.79 Å². The van der Waals surface area contributed by atoms with Crippen LogP contribution < -0.4 is 16.0 Å². The standard InChI is InChI=1S/C16H18FN3O/c1-2-20(15-6-4-3-5-14(15)17)11-16(21)19-13-9-7-12(18)8-10-13/h3-10H,2,11,18H2,1H3,(H,19,21). The quantitative estimate of drug-likeness (QED) is 0.831. The second-order valence-electron chi connectivity index (χ2n) is 4.64. The monoisotopic (exact) mass is 287 g/mol. The van der Waals surface area contributed by atoms with Crippen LogP contribution in [0.15, 0.2) is 48.5 Å². The van der Waals surface area contributed by atoms with Gasteiger partial charge in [0.15, 0.2) is 0 Å². The largest absolute Gasteiger partial charge is 0.399 e. The number of benzene rings is 2. The molecule has 0 spiro atoms. The number of nitrogens with two attached hydrogens (primary N) is 1. The molecule has 0 saturated heterocycles. The van der Waals surface area contributed by atoms with Gasteiger partial charge >= 0.3 is 0 Å². The van der Waals surface area contributed by atoms with Crippen LogP contribution in [0.2, 0.25) is 0 Å². The number of carbonyl (C=O) groups is 1. The van der Waals surface area contributed by atoms with Crippen LogP contribution >= 0.6 is 0 Å². The molecule has 5 heteroatoms. The van der Waals surface area contributed by atoms with Gasteiger partial charge in [-0.2, -0.15) is 0 Å². The summed E-state index contributed by atoms with van der Waals surface area (Å²) < 4.78 is 13.8. The number of amides is 1. The predicted molar refractivity (Wildman–Crippen MR) is 83.8 cm³/mol. The summed E-state index contributed by atoms with van der Waals surface area (Å²) in [6, 6.07) is 13.3. The third kappa shape index (κ3) is 3.95. The van der Waals surface area contributed by atoms with Gasteiger partial charge in [0.25, 0.3) is 0 Å². The smallest absolute Gasteiger partial charge is 0.243 e. The SMILES string of the molecule is CCN(CC(=O)Nc1ccc(N)cc1)c1ccccc1F. The number of nitrogens with one attached hydrogen (secondary N) is 1. The van der Waals surface area contributed by atoms with Gasteiger partial charge in [-0.25, -0.2) is 4.39 Å². The zero-order valence-electron chi connectivity index (χ0n) is 11.8. The average Bonchev–Trinajstić information content (AvgIpc) is 2.48. The Morgan fingerprint density at radius 1 is 1.19 bits per heavy atom. The Morgan fingerprint density at radius 2 is 1.86 bits per heavy atom. The number of hydrogen-bond donors (Lipinski definition) is 2. The van der Waals surface area contributed by atoms with Crippen LogP contribution in [0.25, 0.3) is 0 Å². The van der Waals surface area contributed by atoms with Crippen molar-refractivity contribution in [1.29, 1.82) is 0 Å². The van der Waals surface area contributed by atoms with Crippen molar-refractivity contribution >= 4 is 23.0 Å². The van der Waals surface area contributed by atoms with Crippen molar-refractivity contribution in [2.45, 2.75) is 6.92 Å². The molecular weight excluding hydrogens is 269 g/mol. The molecule has 0 aromatic heterocycles. The molecule has 2 aromatic rings. The van der Waals surface area contributed by atoms with Crippen molar-refractivity contribution in [2.75, 3.05) is 29.0 Å². The van der Waals surface area contributed by atoms with Gasteiger partial charge in [0.2, 0.25) is 5.91 Å². The lowest BCUT2D eigenvalue weighted by Crippen LogP contribution is -2.33. The van der Waals surface area contributed by atoms with Crippen LogP contribution in [-0.4, -0.2) is 19.0 Å². The number of carbonyl (C=O) groups excluding carboxylic acids is 1. The molecule has 3 N–H and O–H groups in total. The summed E-state index contributed by atoms with van der Waals surface area (Å²) in [5.74, 6) is -0.537. The Bertz CT molecular complexity index is 613. The summed E-state index contributed by atoms with van der Waals surface area (Å²) in [6.45, 7) is 2.50. The zero-order valence-corrected chi connectivity index (χ0v) is 11.8. The average molecular weight is 287 g/mol. The van der Waals surface area contributed by atoms with Gasteiger partial charge in [-0.15, -0.1) is 0 Å². The summed E-state index contributed by atoms with van der Waals surface area (Å²) >= 11 is 0. The van der Waals surface area contributed by atoms with Gasteiger partial charge in [-0.3, -0.25) is 4.79 Å². The highest BCUT2D eigenvalue weighted by Gasteiger charge is 2.13. The van der Waals surface area contributed by atoms with Gasteiger partial charge in [0.05, 0.1) is 12.2 Å². The molecule has 21 heavy (non-hydrogen) atoms. The number of para-hydroxylation sites is 1. The molecule has 0 atom stereocenters. The van der Waals surface area contributed by atoms with Crippen molar-refractivity contribution in [3.05, 3.63) is 54.3 Å². The molecule has 4 nitrogen and oxygen atoms in total. The van der Waals surface area contributed by atoms with Crippen molar-refractivity contribution in [2.24, 2.45) is 0 Å². The minimum atomic E-state index is -0.334. The Balaban J connectivity index is 2.03. The molecule has 0 saturated carbocycles. The van der Waals surface area contributed by atoms with E-state index in [1.807, 2.05) is 6.92 Å². The van der Waals surface area contributed by atoms with Crippen LogP contribution in [0, 0.1) is 5.82 Å². The zero-order chi connectivity index (χ0) is 15.2. The molecule has 0 unspecified atom stereocenters. The normalized spacial score (nSPS) is 10.2. The fraction of sp³-hybridized carbons (Fsp3) is 0.188. The van der Waals surface area contributed by atoms with E-state index in [-0.39, 0.29) is 18.3 Å². The number of halogens is 1. The van der Waals surface area contributed by atoms with E-state index >= 15 is 0 Å². The summed E-state index contributed by atoms with van der Waals surface area (Å²) in [7, 11) is 0. The number of nitrogens with zero attached hydrogens (tertiary/aromatic N) is 1. The van der Waals surface area contributed by atoms with E-state index in [1.165, 1.54) is 6.07 Å². The molecule has 2 aromatic carbocycles. The van der Waals surface area contributed by atoms with Gasteiger partial charge in [-0.05, 0) is 43.3 Å². The Morgan fingerprint density at radius 3 is 2.48 bits per heavy atom. The molecule has 2 rings (SSSR count).